The lowest BCUT2D eigenvalue weighted by atomic mass is 11.0. The van der Waals surface area contributed by atoms with E-state index in [1.807, 2.05) is 0 Å². The Morgan fingerprint density at radius 2 is 1.20 bits per heavy atom. The van der Waals surface area contributed by atoms with Crippen molar-refractivity contribution in [3.05, 3.63) is 0 Å². The van der Waals surface area contributed by atoms with Crippen molar-refractivity contribution in [1.29, 1.82) is 0 Å². The average molecular weight is 194 g/mol. The van der Waals surface area contributed by atoms with Crippen molar-refractivity contribution in [3.8, 4) is 0 Å². The second kappa shape index (κ2) is 2.42. The van der Waals surface area contributed by atoms with Crippen LogP contribution in [-0.4, -0.2) is 21.4 Å². The number of halogens is 2. The highest BCUT2D eigenvalue weighted by atomic mass is 32.3. The van der Waals surface area contributed by atoms with Crippen LogP contribution in [0.5, 0.6) is 0 Å². The van der Waals surface area contributed by atoms with Crippen molar-refractivity contribution < 1.29 is 24.6 Å². The van der Waals surface area contributed by atoms with Gasteiger partial charge in [0.15, 0.2) is 0 Å². The van der Waals surface area contributed by atoms with Crippen LogP contribution in [0.1, 0.15) is 6.92 Å². The molecule has 0 N–H and O–H groups in total. The molecule has 0 amide bonds. The molecule has 0 aromatic carbocycles. The van der Waals surface area contributed by atoms with Gasteiger partial charge in [0.2, 0.25) is 4.58 Å². The summed E-state index contributed by atoms with van der Waals surface area (Å²) >= 11 is 0. The van der Waals surface area contributed by atoms with Gasteiger partial charge in [0.05, 0.1) is 0 Å². The molecule has 0 aromatic heterocycles. The summed E-state index contributed by atoms with van der Waals surface area (Å²) in [6, 6.07) is 0. The van der Waals surface area contributed by atoms with Crippen LogP contribution in [0.3, 0.4) is 0 Å². The first kappa shape index (κ1) is 9.76. The molecule has 0 aliphatic carbocycles. The van der Waals surface area contributed by atoms with E-state index in [1.165, 1.54) is 0 Å². The minimum Gasteiger partial charge on any atom is -0.193 e. The first-order valence-corrected chi connectivity index (χ1v) is 4.92. The maximum atomic E-state index is 11.6. The minimum absolute atomic E-state index is 0.407. The minimum atomic E-state index is -5.32. The SMILES string of the molecule is CC(S(=O)(=O)F)S(=O)(=O)F. The third-order valence-electron chi connectivity index (χ3n) is 0.793. The van der Waals surface area contributed by atoms with E-state index in [0.717, 1.165) is 0 Å². The third kappa shape index (κ3) is 2.56. The predicted octanol–water partition coefficient (Wildman–Crippen LogP) is -0.0690. The average Bonchev–Trinajstić information content (AvgIpc) is 1.59. The monoisotopic (exact) mass is 194 g/mol. The second-order valence-electron chi connectivity index (χ2n) is 1.52. The summed E-state index contributed by atoms with van der Waals surface area (Å²) in [6.45, 7) is 0.407. The van der Waals surface area contributed by atoms with Gasteiger partial charge in [-0.05, 0) is 6.92 Å². The zero-order chi connectivity index (χ0) is 8.58. The van der Waals surface area contributed by atoms with Crippen LogP contribution in [0.15, 0.2) is 0 Å². The van der Waals surface area contributed by atoms with Crippen LogP contribution in [-0.2, 0) is 20.4 Å². The van der Waals surface area contributed by atoms with Gasteiger partial charge >= 0.3 is 20.4 Å². The largest absolute Gasteiger partial charge is 0.322 e. The third-order valence-corrected chi connectivity index (χ3v) is 3.76. The molecule has 0 radical (unpaired) electrons. The van der Waals surface area contributed by atoms with Gasteiger partial charge in [-0.3, -0.25) is 0 Å². The van der Waals surface area contributed by atoms with Gasteiger partial charge in [-0.15, -0.1) is 7.77 Å². The van der Waals surface area contributed by atoms with E-state index in [0.29, 0.717) is 6.92 Å². The van der Waals surface area contributed by atoms with Crippen LogP contribution < -0.4 is 0 Å². The summed E-state index contributed by atoms with van der Waals surface area (Å²) in [4.78, 5) is 0. The molecule has 0 bridgehead atoms. The molecular weight excluding hydrogens is 190 g/mol. The lowest BCUT2D eigenvalue weighted by molar-refractivity contribution is 0.528. The van der Waals surface area contributed by atoms with Gasteiger partial charge < -0.3 is 0 Å². The Balaban J connectivity index is 4.94. The Morgan fingerprint density at radius 3 is 1.20 bits per heavy atom. The van der Waals surface area contributed by atoms with Crippen LogP contribution in [0, 0.1) is 0 Å². The van der Waals surface area contributed by atoms with Crippen LogP contribution in [0.25, 0.3) is 0 Å². The van der Waals surface area contributed by atoms with Crippen molar-refractivity contribution in [1.82, 2.24) is 0 Å². The van der Waals surface area contributed by atoms with Gasteiger partial charge in [0, 0.05) is 0 Å². The van der Waals surface area contributed by atoms with Crippen LogP contribution in [0.2, 0.25) is 0 Å². The lowest BCUT2D eigenvalue weighted by Crippen LogP contribution is -2.20. The highest BCUT2D eigenvalue weighted by Crippen LogP contribution is 2.11. The van der Waals surface area contributed by atoms with Crippen LogP contribution >= 0.6 is 0 Å². The molecule has 0 heterocycles. The molecule has 62 valence electrons. The zero-order valence-corrected chi connectivity index (χ0v) is 6.42. The van der Waals surface area contributed by atoms with E-state index in [4.69, 9.17) is 0 Å². The highest BCUT2D eigenvalue weighted by molar-refractivity contribution is 8.04. The zero-order valence-electron chi connectivity index (χ0n) is 4.78. The molecule has 0 unspecified atom stereocenters. The Labute approximate surface area is 57.3 Å². The fourth-order valence-electron chi connectivity index (χ4n) is 0.137. The molecule has 0 spiro atoms. The summed E-state index contributed by atoms with van der Waals surface area (Å²) in [5.41, 5.74) is 0. The van der Waals surface area contributed by atoms with E-state index < -0.39 is 25.0 Å². The van der Waals surface area contributed by atoms with Crippen LogP contribution in [0.4, 0.5) is 7.77 Å². The van der Waals surface area contributed by atoms with Crippen molar-refractivity contribution in [2.24, 2.45) is 0 Å². The normalized spacial score (nSPS) is 14.0. The molecule has 0 fully saturated rings. The van der Waals surface area contributed by atoms with Gasteiger partial charge in [0.25, 0.3) is 0 Å². The summed E-state index contributed by atoms with van der Waals surface area (Å²) in [6.07, 6.45) is 0. The maximum absolute atomic E-state index is 11.6. The molecule has 0 saturated carbocycles. The van der Waals surface area contributed by atoms with Gasteiger partial charge in [-0.2, -0.15) is 16.8 Å². The Bertz CT molecular complexity index is 268. The molecular formula is C2H4F2O4S2. The van der Waals surface area contributed by atoms with Gasteiger partial charge in [0.1, 0.15) is 0 Å². The summed E-state index contributed by atoms with van der Waals surface area (Å²) in [7, 11) is -10.6. The van der Waals surface area contributed by atoms with Gasteiger partial charge in [-0.25, -0.2) is 0 Å². The van der Waals surface area contributed by atoms with Gasteiger partial charge in [-0.1, -0.05) is 0 Å². The smallest absolute Gasteiger partial charge is 0.193 e. The van der Waals surface area contributed by atoms with E-state index in [-0.39, 0.29) is 0 Å². The molecule has 10 heavy (non-hydrogen) atoms. The fraction of sp³-hybridized carbons (Fsp3) is 1.00. The van der Waals surface area contributed by atoms with Crippen molar-refractivity contribution in [2.45, 2.75) is 11.5 Å². The molecule has 0 aromatic rings. The summed E-state index contributed by atoms with van der Waals surface area (Å²) < 4.78 is 59.4. The Morgan fingerprint density at radius 1 is 1.00 bits per heavy atom. The molecule has 0 aliphatic rings. The number of hydrogen-bond acceptors (Lipinski definition) is 4. The highest BCUT2D eigenvalue weighted by Gasteiger charge is 2.33. The first-order valence-electron chi connectivity index (χ1n) is 2.02. The predicted molar refractivity (Wildman–Crippen MR) is 29.5 cm³/mol. The molecule has 0 aliphatic heterocycles. The quantitative estimate of drug-likeness (QED) is 0.577. The summed E-state index contributed by atoms with van der Waals surface area (Å²) in [5.74, 6) is 0. The first-order chi connectivity index (χ1) is 4.15. The fourth-order valence-corrected chi connectivity index (χ4v) is 1.24. The van der Waals surface area contributed by atoms with Crippen molar-refractivity contribution >= 4 is 20.4 Å². The number of hydrogen-bond donors (Lipinski definition) is 0. The van der Waals surface area contributed by atoms with Crippen molar-refractivity contribution in [2.75, 3.05) is 0 Å². The van der Waals surface area contributed by atoms with E-state index in [2.05, 4.69) is 0 Å². The second-order valence-corrected chi connectivity index (χ2v) is 5.13. The molecule has 0 atom stereocenters. The van der Waals surface area contributed by atoms with Crippen molar-refractivity contribution in [3.63, 3.8) is 0 Å². The molecule has 8 heteroatoms. The standard InChI is InChI=1S/C2H4F2O4S2/c1-2(9(3,5)6)10(4,7)8/h2H,1H3. The maximum Gasteiger partial charge on any atom is 0.322 e. The lowest BCUT2D eigenvalue weighted by Gasteiger charge is -1.97. The molecule has 0 rings (SSSR count). The summed E-state index contributed by atoms with van der Waals surface area (Å²) in [5, 5.41) is 0. The van der Waals surface area contributed by atoms with E-state index >= 15 is 0 Å². The Hall–Kier alpha value is -0.240. The Kier molecular flexibility index (Phi) is 2.36. The van der Waals surface area contributed by atoms with E-state index in [9.17, 15) is 24.6 Å². The number of rotatable bonds is 2. The molecule has 0 saturated heterocycles. The topological polar surface area (TPSA) is 68.3 Å². The van der Waals surface area contributed by atoms with E-state index in [1.54, 1.807) is 0 Å². The molecule has 4 nitrogen and oxygen atoms in total.